The van der Waals surface area contributed by atoms with Crippen molar-refractivity contribution in [2.24, 2.45) is 0 Å². The molecule has 0 bridgehead atoms. The van der Waals surface area contributed by atoms with Gasteiger partial charge in [-0.3, -0.25) is 9.59 Å². The number of anilines is 1. The molecule has 2 N–H and O–H groups in total. The first-order valence-corrected chi connectivity index (χ1v) is 8.64. The van der Waals surface area contributed by atoms with Crippen LogP contribution in [0.15, 0.2) is 28.7 Å². The predicted octanol–water partition coefficient (Wildman–Crippen LogP) is 2.77. The zero-order valence-electron chi connectivity index (χ0n) is 14.1. The number of aromatic nitrogens is 2. The van der Waals surface area contributed by atoms with E-state index in [1.807, 2.05) is 6.07 Å². The number of carbonyl (C=O) groups excluding carboxylic acids is 2. The Labute approximate surface area is 158 Å². The predicted molar refractivity (Wildman–Crippen MR) is 96.9 cm³/mol. The number of aryl methyl sites for hydroxylation is 2. The molecule has 2 amide bonds. The highest BCUT2D eigenvalue weighted by Gasteiger charge is 2.13. The minimum Gasteiger partial charge on any atom is -0.351 e. The summed E-state index contributed by atoms with van der Waals surface area (Å²) in [6.45, 7) is 2.26. The Morgan fingerprint density at radius 2 is 2.15 bits per heavy atom. The molecule has 0 atom stereocenters. The van der Waals surface area contributed by atoms with Crippen LogP contribution < -0.4 is 10.6 Å². The van der Waals surface area contributed by atoms with Gasteiger partial charge in [0.25, 0.3) is 5.91 Å². The molecule has 26 heavy (non-hydrogen) atoms. The van der Waals surface area contributed by atoms with Gasteiger partial charge in [-0.25, -0.2) is 9.07 Å². The normalized spacial score (nSPS) is 10.2. The van der Waals surface area contributed by atoms with Gasteiger partial charge in [-0.05, 0) is 41.1 Å². The lowest BCUT2D eigenvalue weighted by Crippen LogP contribution is -2.28. The first-order valence-electron chi connectivity index (χ1n) is 7.85. The number of halogens is 2. The summed E-state index contributed by atoms with van der Waals surface area (Å²) in [6.07, 6.45) is 0.323. The average molecular weight is 422 g/mol. The Kier molecular flexibility index (Phi) is 6.86. The number of benzene rings is 1. The first kappa shape index (κ1) is 19.6. The van der Waals surface area contributed by atoms with Crippen LogP contribution in [0.4, 0.5) is 10.2 Å². The highest BCUT2D eigenvalue weighted by molar-refractivity contribution is 9.10. The van der Waals surface area contributed by atoms with Crippen LogP contribution in [0.25, 0.3) is 0 Å². The van der Waals surface area contributed by atoms with E-state index < -0.39 is 11.7 Å². The van der Waals surface area contributed by atoms with Crippen molar-refractivity contribution in [3.8, 4) is 6.07 Å². The van der Waals surface area contributed by atoms with Crippen LogP contribution in [0.3, 0.4) is 0 Å². The number of hydrogen-bond donors (Lipinski definition) is 2. The Hall–Kier alpha value is -2.73. The molecule has 0 aliphatic carbocycles. The van der Waals surface area contributed by atoms with Gasteiger partial charge in [0.05, 0.1) is 30.3 Å². The van der Waals surface area contributed by atoms with Crippen molar-refractivity contribution >= 4 is 33.6 Å². The highest BCUT2D eigenvalue weighted by atomic mass is 79.9. The van der Waals surface area contributed by atoms with E-state index in [1.165, 1.54) is 12.1 Å². The van der Waals surface area contributed by atoms with E-state index in [1.54, 1.807) is 17.7 Å². The Morgan fingerprint density at radius 1 is 1.38 bits per heavy atom. The monoisotopic (exact) mass is 421 g/mol. The summed E-state index contributed by atoms with van der Waals surface area (Å²) in [4.78, 5) is 24.1. The zero-order chi connectivity index (χ0) is 19.1. The van der Waals surface area contributed by atoms with Crippen LogP contribution in [-0.2, 0) is 11.3 Å². The van der Waals surface area contributed by atoms with Gasteiger partial charge >= 0.3 is 0 Å². The van der Waals surface area contributed by atoms with E-state index >= 15 is 0 Å². The summed E-state index contributed by atoms with van der Waals surface area (Å²) in [7, 11) is 0. The van der Waals surface area contributed by atoms with Gasteiger partial charge in [0.1, 0.15) is 11.6 Å². The molecule has 0 radical (unpaired) electrons. The fraction of sp³-hybridized carbons (Fsp3) is 0.294. The number of nitrogens with one attached hydrogen (secondary N) is 2. The van der Waals surface area contributed by atoms with Crippen molar-refractivity contribution in [2.45, 2.75) is 26.3 Å². The third-order valence-electron chi connectivity index (χ3n) is 3.42. The Morgan fingerprint density at radius 3 is 2.88 bits per heavy atom. The average Bonchev–Trinajstić information content (AvgIpc) is 2.94. The van der Waals surface area contributed by atoms with Crippen molar-refractivity contribution in [3.05, 3.63) is 45.8 Å². The van der Waals surface area contributed by atoms with Crippen LogP contribution in [0.5, 0.6) is 0 Å². The third kappa shape index (κ3) is 5.39. The molecule has 0 aliphatic heterocycles. The third-order valence-corrected chi connectivity index (χ3v) is 4.11. The topological polar surface area (TPSA) is 99.8 Å². The largest absolute Gasteiger partial charge is 0.351 e. The molecule has 0 unspecified atom stereocenters. The number of hydrogen-bond acceptors (Lipinski definition) is 4. The van der Waals surface area contributed by atoms with Crippen LogP contribution in [0.1, 0.15) is 28.9 Å². The van der Waals surface area contributed by atoms with E-state index in [-0.39, 0.29) is 30.9 Å². The molecule has 1 aromatic heterocycles. The lowest BCUT2D eigenvalue weighted by molar-refractivity contribution is -0.116. The molecular weight excluding hydrogens is 405 g/mol. The van der Waals surface area contributed by atoms with Gasteiger partial charge in [-0.2, -0.15) is 10.4 Å². The second-order valence-electron chi connectivity index (χ2n) is 5.48. The van der Waals surface area contributed by atoms with Crippen molar-refractivity contribution in [3.63, 3.8) is 0 Å². The van der Waals surface area contributed by atoms with Crippen LogP contribution in [-0.4, -0.2) is 28.1 Å². The molecule has 1 aromatic carbocycles. The quantitative estimate of drug-likeness (QED) is 0.717. The van der Waals surface area contributed by atoms with Crippen molar-refractivity contribution in [1.29, 1.82) is 5.26 Å². The van der Waals surface area contributed by atoms with Crippen molar-refractivity contribution in [2.75, 3.05) is 11.9 Å². The Balaban J connectivity index is 1.87. The lowest BCUT2D eigenvalue weighted by atomic mass is 10.2. The molecule has 2 aromatic rings. The van der Waals surface area contributed by atoms with Crippen molar-refractivity contribution in [1.82, 2.24) is 15.1 Å². The number of carbonyl (C=O) groups is 2. The van der Waals surface area contributed by atoms with Gasteiger partial charge in [-0.1, -0.05) is 0 Å². The smallest absolute Gasteiger partial charge is 0.252 e. The lowest BCUT2D eigenvalue weighted by Gasteiger charge is -2.09. The zero-order valence-corrected chi connectivity index (χ0v) is 15.6. The molecule has 0 saturated carbocycles. The summed E-state index contributed by atoms with van der Waals surface area (Å²) >= 11 is 3.19. The van der Waals surface area contributed by atoms with E-state index in [4.69, 9.17) is 5.26 Å². The summed E-state index contributed by atoms with van der Waals surface area (Å²) in [5.74, 6) is -0.792. The second-order valence-corrected chi connectivity index (χ2v) is 6.33. The van der Waals surface area contributed by atoms with E-state index in [2.05, 4.69) is 31.7 Å². The summed E-state index contributed by atoms with van der Waals surface area (Å²) in [5, 5.41) is 18.1. The standard InChI is InChI=1S/C17H17BrFN5O2/c1-11-9-15(24(23-11)8-2-6-20)22-16(25)5-7-21-17(26)13-10-12(19)3-4-14(13)18/h3-4,9-10H,2,5,7-8H2,1H3,(H,21,26)(H,22,25). The fourth-order valence-corrected chi connectivity index (χ4v) is 2.66. The molecule has 2 rings (SSSR count). The molecule has 1 heterocycles. The molecule has 0 fully saturated rings. The summed E-state index contributed by atoms with van der Waals surface area (Å²) < 4.78 is 15.3. The molecule has 0 spiro atoms. The number of nitrogens with zero attached hydrogens (tertiary/aromatic N) is 3. The SMILES string of the molecule is Cc1cc(NC(=O)CCNC(=O)c2cc(F)ccc2Br)n(CCC#N)n1. The van der Waals surface area contributed by atoms with E-state index in [0.29, 0.717) is 16.8 Å². The fourth-order valence-electron chi connectivity index (χ4n) is 2.23. The second kappa shape index (κ2) is 9.10. The minimum absolute atomic E-state index is 0.0428. The highest BCUT2D eigenvalue weighted by Crippen LogP contribution is 2.17. The molecule has 7 nitrogen and oxygen atoms in total. The maximum Gasteiger partial charge on any atom is 0.252 e. The van der Waals surface area contributed by atoms with Gasteiger partial charge in [0.2, 0.25) is 5.91 Å². The van der Waals surface area contributed by atoms with E-state index in [0.717, 1.165) is 11.8 Å². The molecule has 0 aliphatic rings. The number of amides is 2. The maximum absolute atomic E-state index is 13.2. The number of nitriles is 1. The molecule has 136 valence electrons. The maximum atomic E-state index is 13.2. The molecule has 9 heteroatoms. The number of rotatable bonds is 7. The van der Waals surface area contributed by atoms with E-state index in [9.17, 15) is 14.0 Å². The van der Waals surface area contributed by atoms with Gasteiger partial charge in [-0.15, -0.1) is 0 Å². The summed E-state index contributed by atoms with van der Waals surface area (Å²) in [5.41, 5.74) is 0.887. The molecular formula is C17H17BrFN5O2. The van der Waals surface area contributed by atoms with Gasteiger partial charge in [0, 0.05) is 23.5 Å². The summed E-state index contributed by atoms with van der Waals surface area (Å²) in [6, 6.07) is 7.54. The Bertz CT molecular complexity index is 859. The van der Waals surface area contributed by atoms with Crippen LogP contribution in [0, 0.1) is 24.1 Å². The minimum atomic E-state index is -0.517. The first-order chi connectivity index (χ1) is 12.4. The van der Waals surface area contributed by atoms with Gasteiger partial charge in [0.15, 0.2) is 0 Å². The van der Waals surface area contributed by atoms with Crippen molar-refractivity contribution < 1.29 is 14.0 Å². The molecule has 0 saturated heterocycles. The van der Waals surface area contributed by atoms with Gasteiger partial charge < -0.3 is 10.6 Å². The van der Waals surface area contributed by atoms with Crippen LogP contribution in [0.2, 0.25) is 0 Å². The van der Waals surface area contributed by atoms with Crippen LogP contribution >= 0.6 is 15.9 Å².